The SMILES string of the molecule is CCOC(=O)c1c(NC(=O)CCCN2c3cccc4cccc(c34)S2(=O)=O)sc2c1CCCC2. The number of ether oxygens (including phenoxy) is 1. The van der Waals surface area contributed by atoms with Gasteiger partial charge in [0.2, 0.25) is 5.91 Å². The number of benzene rings is 2. The van der Waals surface area contributed by atoms with Gasteiger partial charge in [-0.15, -0.1) is 11.3 Å². The summed E-state index contributed by atoms with van der Waals surface area (Å²) in [6, 6.07) is 10.8. The topological polar surface area (TPSA) is 92.8 Å². The Labute approximate surface area is 202 Å². The average molecular weight is 499 g/mol. The second kappa shape index (κ2) is 9.03. The maximum Gasteiger partial charge on any atom is 0.341 e. The number of hydrogen-bond donors (Lipinski definition) is 1. The highest BCUT2D eigenvalue weighted by molar-refractivity contribution is 7.93. The molecular weight excluding hydrogens is 472 g/mol. The number of esters is 1. The third-order valence-corrected chi connectivity index (χ3v) is 9.41. The summed E-state index contributed by atoms with van der Waals surface area (Å²) in [6.45, 7) is 2.24. The molecule has 1 amide bonds. The lowest BCUT2D eigenvalue weighted by Crippen LogP contribution is -2.29. The van der Waals surface area contributed by atoms with Crippen LogP contribution in [-0.4, -0.2) is 33.4 Å². The quantitative estimate of drug-likeness (QED) is 0.469. The first kappa shape index (κ1) is 22.9. The monoisotopic (exact) mass is 498 g/mol. The first-order valence-corrected chi connectivity index (χ1v) is 13.8. The van der Waals surface area contributed by atoms with Crippen LogP contribution in [0.2, 0.25) is 0 Å². The van der Waals surface area contributed by atoms with E-state index in [1.54, 1.807) is 25.1 Å². The van der Waals surface area contributed by atoms with Crippen LogP contribution in [0.25, 0.3) is 10.8 Å². The minimum absolute atomic E-state index is 0.142. The Morgan fingerprint density at radius 3 is 2.68 bits per heavy atom. The molecule has 7 nitrogen and oxygen atoms in total. The number of thiophene rings is 1. The summed E-state index contributed by atoms with van der Waals surface area (Å²) in [5, 5.41) is 5.06. The minimum Gasteiger partial charge on any atom is -0.462 e. The van der Waals surface area contributed by atoms with Crippen molar-refractivity contribution >= 4 is 54.7 Å². The molecule has 1 aromatic heterocycles. The van der Waals surface area contributed by atoms with Crippen molar-refractivity contribution in [3.63, 3.8) is 0 Å². The molecule has 0 spiro atoms. The molecule has 0 radical (unpaired) electrons. The van der Waals surface area contributed by atoms with Crippen LogP contribution in [-0.2, 0) is 32.4 Å². The van der Waals surface area contributed by atoms with Crippen molar-refractivity contribution < 1.29 is 22.7 Å². The number of sulfonamides is 1. The third kappa shape index (κ3) is 3.86. The summed E-state index contributed by atoms with van der Waals surface area (Å²) in [4.78, 5) is 26.8. The molecule has 0 saturated heterocycles. The maximum atomic E-state index is 13.1. The van der Waals surface area contributed by atoms with Gasteiger partial charge in [0.25, 0.3) is 10.0 Å². The van der Waals surface area contributed by atoms with Crippen LogP contribution in [0.3, 0.4) is 0 Å². The zero-order chi connectivity index (χ0) is 23.9. The molecule has 1 aliphatic heterocycles. The molecule has 3 aromatic rings. The third-order valence-electron chi connectivity index (χ3n) is 6.35. The van der Waals surface area contributed by atoms with E-state index in [1.807, 2.05) is 18.2 Å². The normalized spacial score (nSPS) is 15.9. The van der Waals surface area contributed by atoms with Gasteiger partial charge in [-0.1, -0.05) is 24.3 Å². The van der Waals surface area contributed by atoms with Crippen LogP contribution in [0.4, 0.5) is 10.7 Å². The summed E-state index contributed by atoms with van der Waals surface area (Å²) >= 11 is 1.45. The number of anilines is 2. The predicted octanol–water partition coefficient (Wildman–Crippen LogP) is 4.88. The van der Waals surface area contributed by atoms with Crippen LogP contribution in [0, 0.1) is 0 Å². The second-order valence-electron chi connectivity index (χ2n) is 8.50. The summed E-state index contributed by atoms with van der Waals surface area (Å²) in [5.74, 6) is -0.636. The summed E-state index contributed by atoms with van der Waals surface area (Å²) in [7, 11) is -3.64. The fourth-order valence-electron chi connectivity index (χ4n) is 4.84. The zero-order valence-corrected chi connectivity index (χ0v) is 20.6. The van der Waals surface area contributed by atoms with Crippen molar-refractivity contribution in [1.82, 2.24) is 0 Å². The molecule has 2 heterocycles. The van der Waals surface area contributed by atoms with Crippen molar-refractivity contribution in [2.24, 2.45) is 0 Å². The van der Waals surface area contributed by atoms with Crippen LogP contribution < -0.4 is 9.62 Å². The molecule has 1 aliphatic carbocycles. The number of amides is 1. The highest BCUT2D eigenvalue weighted by Gasteiger charge is 2.35. The van der Waals surface area contributed by atoms with E-state index in [1.165, 1.54) is 15.6 Å². The minimum atomic E-state index is -3.64. The number of carbonyl (C=O) groups excluding carboxylic acids is 2. The highest BCUT2D eigenvalue weighted by Crippen LogP contribution is 2.42. The van der Waals surface area contributed by atoms with Crippen molar-refractivity contribution in [2.45, 2.75) is 50.3 Å². The standard InChI is InChI=1S/C25H26N2O5S2/c1-2-32-25(29)23-17-10-3-4-12-19(17)33-24(23)26-21(28)14-7-15-27-18-11-5-8-16-9-6-13-20(22(16)18)34(27,30)31/h5-6,8-9,11,13H,2-4,7,10,12,14-15H2,1H3,(H,26,28). The van der Waals surface area contributed by atoms with Crippen LogP contribution >= 0.6 is 11.3 Å². The summed E-state index contributed by atoms with van der Waals surface area (Å²) < 4.78 is 32.8. The van der Waals surface area contributed by atoms with E-state index in [2.05, 4.69) is 5.32 Å². The fourth-order valence-corrected chi connectivity index (χ4v) is 7.89. The van der Waals surface area contributed by atoms with E-state index in [0.29, 0.717) is 27.6 Å². The summed E-state index contributed by atoms with van der Waals surface area (Å²) in [5.41, 5.74) is 2.14. The van der Waals surface area contributed by atoms with Gasteiger partial charge < -0.3 is 10.1 Å². The number of rotatable bonds is 7. The Balaban J connectivity index is 1.29. The molecule has 0 saturated carbocycles. The van der Waals surface area contributed by atoms with Crippen molar-refractivity contribution in [2.75, 3.05) is 22.8 Å². The largest absolute Gasteiger partial charge is 0.462 e. The molecule has 0 bridgehead atoms. The first-order chi connectivity index (χ1) is 16.4. The number of carbonyl (C=O) groups is 2. The number of fused-ring (bicyclic) bond motifs is 1. The van der Waals surface area contributed by atoms with Gasteiger partial charge in [-0.2, -0.15) is 0 Å². The lowest BCUT2D eigenvalue weighted by Gasteiger charge is -2.18. The number of aryl methyl sites for hydroxylation is 1. The summed E-state index contributed by atoms with van der Waals surface area (Å²) in [6.07, 6.45) is 4.31. The van der Waals surface area contributed by atoms with Crippen LogP contribution in [0.5, 0.6) is 0 Å². The van der Waals surface area contributed by atoms with Crippen molar-refractivity contribution in [1.29, 1.82) is 0 Å². The van der Waals surface area contributed by atoms with Gasteiger partial charge in [0.1, 0.15) is 5.00 Å². The Hall–Kier alpha value is -2.91. The number of hydrogen-bond acceptors (Lipinski definition) is 6. The fraction of sp³-hybridized carbons (Fsp3) is 0.360. The van der Waals surface area contributed by atoms with E-state index in [-0.39, 0.29) is 25.5 Å². The van der Waals surface area contributed by atoms with E-state index >= 15 is 0 Å². The lowest BCUT2D eigenvalue weighted by molar-refractivity contribution is -0.116. The van der Waals surface area contributed by atoms with E-state index in [4.69, 9.17) is 4.74 Å². The van der Waals surface area contributed by atoms with Gasteiger partial charge in [-0.3, -0.25) is 9.10 Å². The van der Waals surface area contributed by atoms with Gasteiger partial charge in [0, 0.05) is 23.2 Å². The average Bonchev–Trinajstić information content (AvgIpc) is 3.28. The van der Waals surface area contributed by atoms with Crippen molar-refractivity contribution in [3.8, 4) is 0 Å². The van der Waals surface area contributed by atoms with Gasteiger partial charge in [-0.25, -0.2) is 13.2 Å². The molecule has 0 fully saturated rings. The molecule has 178 valence electrons. The molecule has 2 aromatic carbocycles. The zero-order valence-electron chi connectivity index (χ0n) is 18.9. The first-order valence-electron chi connectivity index (χ1n) is 11.6. The molecule has 34 heavy (non-hydrogen) atoms. The van der Waals surface area contributed by atoms with E-state index < -0.39 is 16.0 Å². The second-order valence-corrected chi connectivity index (χ2v) is 11.4. The van der Waals surface area contributed by atoms with Gasteiger partial charge in [-0.05, 0) is 62.1 Å². The molecule has 1 N–H and O–H groups in total. The number of nitrogens with one attached hydrogen (secondary N) is 1. The van der Waals surface area contributed by atoms with E-state index in [9.17, 15) is 18.0 Å². The molecule has 2 aliphatic rings. The van der Waals surface area contributed by atoms with E-state index in [0.717, 1.165) is 46.9 Å². The highest BCUT2D eigenvalue weighted by atomic mass is 32.2. The molecule has 5 rings (SSSR count). The Morgan fingerprint density at radius 1 is 1.12 bits per heavy atom. The van der Waals surface area contributed by atoms with Crippen LogP contribution in [0.1, 0.15) is 53.4 Å². The Bertz CT molecular complexity index is 1390. The van der Waals surface area contributed by atoms with Gasteiger partial charge in [0.05, 0.1) is 22.8 Å². The molecule has 0 unspecified atom stereocenters. The Morgan fingerprint density at radius 2 is 1.88 bits per heavy atom. The molecule has 0 atom stereocenters. The van der Waals surface area contributed by atoms with Gasteiger partial charge >= 0.3 is 5.97 Å². The van der Waals surface area contributed by atoms with Crippen molar-refractivity contribution in [3.05, 3.63) is 52.4 Å². The van der Waals surface area contributed by atoms with Crippen LogP contribution in [0.15, 0.2) is 41.3 Å². The smallest absolute Gasteiger partial charge is 0.341 e. The lowest BCUT2D eigenvalue weighted by atomic mass is 9.95. The van der Waals surface area contributed by atoms with Gasteiger partial charge in [0.15, 0.2) is 0 Å². The number of nitrogens with zero attached hydrogens (tertiary/aromatic N) is 1. The predicted molar refractivity (Wildman–Crippen MR) is 133 cm³/mol. The molecular formula is C25H26N2O5S2. The Kier molecular flexibility index (Phi) is 6.07. The molecule has 9 heteroatoms. The maximum absolute atomic E-state index is 13.1.